The van der Waals surface area contributed by atoms with Crippen molar-refractivity contribution in [3.05, 3.63) is 0 Å². The number of hydrogen-bond acceptors (Lipinski definition) is 2. The van der Waals surface area contributed by atoms with Crippen LogP contribution in [0.2, 0.25) is 0 Å². The van der Waals surface area contributed by atoms with Gasteiger partial charge in [-0.05, 0) is 12.8 Å². The van der Waals surface area contributed by atoms with Gasteiger partial charge in [-0.3, -0.25) is 0 Å². The largest absolute Gasteiger partial charge is 0.444 e. The molecule has 0 aromatic rings. The summed E-state index contributed by atoms with van der Waals surface area (Å²) in [6, 6.07) is 0.234. The van der Waals surface area contributed by atoms with Gasteiger partial charge in [0.05, 0.1) is 6.04 Å². The maximum absolute atomic E-state index is 10.6. The molecule has 1 aliphatic heterocycles. The first-order valence-electron chi connectivity index (χ1n) is 3.75. The highest BCUT2D eigenvalue weighted by atomic mass is 16.6. The van der Waals surface area contributed by atoms with E-state index in [0.717, 1.165) is 12.8 Å². The minimum Gasteiger partial charge on any atom is -0.444 e. The van der Waals surface area contributed by atoms with Gasteiger partial charge in [-0.25, -0.2) is 4.79 Å². The van der Waals surface area contributed by atoms with Gasteiger partial charge in [0.15, 0.2) is 0 Å². The lowest BCUT2D eigenvalue weighted by Crippen LogP contribution is -2.30. The monoisotopic (exact) mass is 143 g/mol. The zero-order chi connectivity index (χ0) is 7.56. The van der Waals surface area contributed by atoms with Crippen molar-refractivity contribution in [3.63, 3.8) is 0 Å². The Labute approximate surface area is 60.7 Å². The van der Waals surface area contributed by atoms with Crippen LogP contribution in [0.3, 0.4) is 0 Å². The number of ether oxygens (including phenoxy) is 1. The van der Waals surface area contributed by atoms with Crippen molar-refractivity contribution in [1.29, 1.82) is 0 Å². The number of rotatable bonds is 2. The smallest absolute Gasteiger partial charge is 0.407 e. The first-order valence-corrected chi connectivity index (χ1v) is 3.75. The van der Waals surface area contributed by atoms with Crippen molar-refractivity contribution >= 4 is 6.09 Å². The van der Waals surface area contributed by atoms with E-state index in [1.54, 1.807) is 0 Å². The Kier molecular flexibility index (Phi) is 2.14. The molecule has 0 unspecified atom stereocenters. The number of hydrogen-bond donors (Lipinski definition) is 1. The molecule has 3 nitrogen and oxygen atoms in total. The second kappa shape index (κ2) is 2.90. The normalized spacial score (nSPS) is 31.6. The molecule has 0 spiro atoms. The Bertz CT molecular complexity index is 122. The molecule has 1 fully saturated rings. The molecule has 0 aromatic carbocycles. The van der Waals surface area contributed by atoms with Crippen molar-refractivity contribution in [2.45, 2.75) is 38.8 Å². The van der Waals surface area contributed by atoms with E-state index in [1.165, 1.54) is 0 Å². The summed E-state index contributed by atoms with van der Waals surface area (Å²) in [5.41, 5.74) is 0. The third-order valence-electron chi connectivity index (χ3n) is 1.85. The van der Waals surface area contributed by atoms with Crippen molar-refractivity contribution in [3.8, 4) is 0 Å². The zero-order valence-corrected chi connectivity index (χ0v) is 6.39. The van der Waals surface area contributed by atoms with Gasteiger partial charge in [0.1, 0.15) is 6.10 Å². The van der Waals surface area contributed by atoms with Crippen molar-refractivity contribution in [2.75, 3.05) is 0 Å². The maximum atomic E-state index is 10.6. The molecule has 2 atom stereocenters. The second-order valence-electron chi connectivity index (χ2n) is 2.51. The summed E-state index contributed by atoms with van der Waals surface area (Å²) in [6.45, 7) is 4.07. The molecule has 0 aromatic heterocycles. The van der Waals surface area contributed by atoms with Gasteiger partial charge in [-0.1, -0.05) is 13.8 Å². The molecule has 10 heavy (non-hydrogen) atoms. The minimum atomic E-state index is -0.265. The highest BCUT2D eigenvalue weighted by molar-refractivity contribution is 5.70. The number of amides is 1. The van der Waals surface area contributed by atoms with Gasteiger partial charge in [0.2, 0.25) is 0 Å². The Hall–Kier alpha value is -0.730. The predicted molar refractivity (Wildman–Crippen MR) is 37.8 cm³/mol. The molecule has 1 heterocycles. The van der Waals surface area contributed by atoms with Crippen LogP contribution >= 0.6 is 0 Å². The van der Waals surface area contributed by atoms with Crippen molar-refractivity contribution in [1.82, 2.24) is 5.32 Å². The lowest BCUT2D eigenvalue weighted by atomic mass is 10.1. The summed E-state index contributed by atoms with van der Waals surface area (Å²) >= 11 is 0. The van der Waals surface area contributed by atoms with Crippen LogP contribution in [0.4, 0.5) is 4.79 Å². The third-order valence-corrected chi connectivity index (χ3v) is 1.85. The lowest BCUT2D eigenvalue weighted by Gasteiger charge is -2.11. The van der Waals surface area contributed by atoms with Crippen LogP contribution in [-0.2, 0) is 4.74 Å². The highest BCUT2D eigenvalue weighted by Gasteiger charge is 2.30. The van der Waals surface area contributed by atoms with Crippen LogP contribution in [0.1, 0.15) is 26.7 Å². The molecule has 1 aliphatic rings. The van der Waals surface area contributed by atoms with Gasteiger partial charge in [0, 0.05) is 0 Å². The van der Waals surface area contributed by atoms with Crippen LogP contribution < -0.4 is 5.32 Å². The average Bonchev–Trinajstić information content (AvgIpc) is 2.30. The van der Waals surface area contributed by atoms with E-state index in [4.69, 9.17) is 4.74 Å². The Balaban J connectivity index is 2.48. The third kappa shape index (κ3) is 1.23. The Morgan fingerprint density at radius 2 is 2.20 bits per heavy atom. The lowest BCUT2D eigenvalue weighted by molar-refractivity contribution is 0.128. The van der Waals surface area contributed by atoms with Crippen LogP contribution in [0, 0.1) is 0 Å². The molecule has 58 valence electrons. The van der Waals surface area contributed by atoms with Gasteiger partial charge < -0.3 is 10.1 Å². The second-order valence-corrected chi connectivity index (χ2v) is 2.51. The van der Waals surface area contributed by atoms with Crippen LogP contribution in [0.5, 0.6) is 0 Å². The molecule has 3 heteroatoms. The molecule has 0 aliphatic carbocycles. The molecule has 0 radical (unpaired) electrons. The first kappa shape index (κ1) is 7.38. The number of cyclic esters (lactones) is 1. The van der Waals surface area contributed by atoms with E-state index in [9.17, 15) is 4.79 Å². The first-order chi connectivity index (χ1) is 4.77. The molecular weight excluding hydrogens is 130 g/mol. The summed E-state index contributed by atoms with van der Waals surface area (Å²) in [5, 5.41) is 2.74. The number of carbonyl (C=O) groups is 1. The molecule has 0 bridgehead atoms. The number of carbonyl (C=O) groups excluding carboxylic acids is 1. The summed E-state index contributed by atoms with van der Waals surface area (Å²) < 4.78 is 4.96. The zero-order valence-electron chi connectivity index (χ0n) is 6.39. The van der Waals surface area contributed by atoms with Gasteiger partial charge in [-0.2, -0.15) is 0 Å². The average molecular weight is 143 g/mol. The van der Waals surface area contributed by atoms with E-state index < -0.39 is 0 Å². The summed E-state index contributed by atoms with van der Waals surface area (Å²) in [7, 11) is 0. The summed E-state index contributed by atoms with van der Waals surface area (Å²) in [4.78, 5) is 10.6. The fraction of sp³-hybridized carbons (Fsp3) is 0.857. The van der Waals surface area contributed by atoms with Gasteiger partial charge in [0.25, 0.3) is 0 Å². The van der Waals surface area contributed by atoms with E-state index in [2.05, 4.69) is 5.32 Å². The van der Waals surface area contributed by atoms with E-state index in [1.807, 2.05) is 13.8 Å². The Morgan fingerprint density at radius 1 is 1.50 bits per heavy atom. The fourth-order valence-electron chi connectivity index (χ4n) is 1.23. The number of nitrogens with one attached hydrogen (secondary N) is 1. The minimum absolute atomic E-state index is 0.0949. The quantitative estimate of drug-likeness (QED) is 0.632. The Morgan fingerprint density at radius 3 is 2.60 bits per heavy atom. The molecule has 1 amide bonds. The molecule has 1 rings (SSSR count). The topological polar surface area (TPSA) is 38.3 Å². The molecule has 1 saturated heterocycles. The van der Waals surface area contributed by atoms with E-state index in [0.29, 0.717) is 0 Å². The van der Waals surface area contributed by atoms with Crippen molar-refractivity contribution in [2.24, 2.45) is 0 Å². The fourth-order valence-corrected chi connectivity index (χ4v) is 1.23. The van der Waals surface area contributed by atoms with Crippen LogP contribution in [0.15, 0.2) is 0 Å². The molecule has 1 N–H and O–H groups in total. The summed E-state index contributed by atoms with van der Waals surface area (Å²) in [6.07, 6.45) is 1.68. The van der Waals surface area contributed by atoms with Gasteiger partial charge in [-0.15, -0.1) is 0 Å². The SMILES string of the molecule is CC[C@@H]1NC(=O)O[C@@H]1CC. The molecular formula is C7H13NO2. The highest BCUT2D eigenvalue weighted by Crippen LogP contribution is 2.13. The maximum Gasteiger partial charge on any atom is 0.407 e. The van der Waals surface area contributed by atoms with Gasteiger partial charge >= 0.3 is 6.09 Å². The molecule has 0 saturated carbocycles. The van der Waals surface area contributed by atoms with Crippen LogP contribution in [0.25, 0.3) is 0 Å². The van der Waals surface area contributed by atoms with E-state index >= 15 is 0 Å². The van der Waals surface area contributed by atoms with Crippen LogP contribution in [-0.4, -0.2) is 18.2 Å². The van der Waals surface area contributed by atoms with Crippen molar-refractivity contribution < 1.29 is 9.53 Å². The van der Waals surface area contributed by atoms with E-state index in [-0.39, 0.29) is 18.2 Å². The predicted octanol–water partition coefficient (Wildman–Crippen LogP) is 1.28. The standard InChI is InChI=1S/C7H13NO2/c1-3-5-6(4-2)10-7(9)8-5/h5-6H,3-4H2,1-2H3,(H,8,9)/t5-,6+/m0/s1. The summed E-state index contributed by atoms with van der Waals surface area (Å²) in [5.74, 6) is 0. The number of alkyl carbamates (subject to hydrolysis) is 1.